The zero-order valence-corrected chi connectivity index (χ0v) is 6.93. The molecule has 1 atom stereocenters. The molecule has 0 spiro atoms. The van der Waals surface area contributed by atoms with E-state index in [2.05, 4.69) is 10.3 Å². The van der Waals surface area contributed by atoms with Crippen molar-refractivity contribution >= 4 is 5.82 Å². The van der Waals surface area contributed by atoms with Crippen LogP contribution >= 0.6 is 0 Å². The molecule has 1 N–H and O–H groups in total. The van der Waals surface area contributed by atoms with Crippen LogP contribution in [0.2, 0.25) is 0 Å². The second-order valence-corrected chi connectivity index (χ2v) is 2.97. The lowest BCUT2D eigenvalue weighted by molar-refractivity contribution is -0.390. The van der Waals surface area contributed by atoms with Crippen LogP contribution in [0.25, 0.3) is 0 Å². The van der Waals surface area contributed by atoms with Crippen LogP contribution in [0.3, 0.4) is 0 Å². The van der Waals surface area contributed by atoms with Crippen LogP contribution in [-0.2, 0) is 0 Å². The van der Waals surface area contributed by atoms with E-state index in [1.54, 1.807) is 12.1 Å². The zero-order valence-electron chi connectivity index (χ0n) is 6.93. The third-order valence-electron chi connectivity index (χ3n) is 2.19. The highest BCUT2D eigenvalue weighted by Crippen LogP contribution is 2.28. The van der Waals surface area contributed by atoms with Gasteiger partial charge in [-0.25, -0.2) is 0 Å². The van der Waals surface area contributed by atoms with Crippen LogP contribution in [0.4, 0.5) is 5.82 Å². The fraction of sp³-hybridized carbons (Fsp3) is 0.375. The molecule has 1 aliphatic heterocycles. The van der Waals surface area contributed by atoms with Gasteiger partial charge in [0.05, 0.1) is 5.56 Å². The fourth-order valence-electron chi connectivity index (χ4n) is 1.39. The molecule has 0 aromatic carbocycles. The van der Waals surface area contributed by atoms with Gasteiger partial charge >= 0.3 is 5.82 Å². The highest BCUT2D eigenvalue weighted by atomic mass is 16.6. The predicted octanol–water partition coefficient (Wildman–Crippen LogP) is 1.02. The van der Waals surface area contributed by atoms with Crippen molar-refractivity contribution in [1.29, 1.82) is 0 Å². The first kappa shape index (κ1) is 8.12. The zero-order chi connectivity index (χ0) is 9.26. The van der Waals surface area contributed by atoms with Crippen LogP contribution in [-0.4, -0.2) is 16.5 Å². The quantitative estimate of drug-likeness (QED) is 0.543. The normalized spacial score (nSPS) is 20.8. The van der Waals surface area contributed by atoms with Gasteiger partial charge in [0.2, 0.25) is 0 Å². The minimum Gasteiger partial charge on any atom is -0.358 e. The summed E-state index contributed by atoms with van der Waals surface area (Å²) in [6, 6.07) is 3.60. The minimum absolute atomic E-state index is 0.0281. The Labute approximate surface area is 74.9 Å². The van der Waals surface area contributed by atoms with Crippen molar-refractivity contribution < 1.29 is 4.92 Å². The molecule has 0 radical (unpaired) electrons. The summed E-state index contributed by atoms with van der Waals surface area (Å²) in [7, 11) is 0. The first-order valence-corrected chi connectivity index (χ1v) is 4.12. The minimum atomic E-state index is -0.435. The van der Waals surface area contributed by atoms with Crippen molar-refractivity contribution in [3.05, 3.63) is 34.0 Å². The highest BCUT2D eigenvalue weighted by Gasteiger charge is 2.26. The standard InChI is InChI=1S/C8H9N3O2/c12-11(13)8-6(2-1-4-10-8)7-3-5-9-7/h1-2,4,7,9H,3,5H2. The lowest BCUT2D eigenvalue weighted by Gasteiger charge is -2.26. The van der Waals surface area contributed by atoms with Crippen LogP contribution in [0.15, 0.2) is 18.3 Å². The molecular weight excluding hydrogens is 170 g/mol. The first-order chi connectivity index (χ1) is 6.29. The maximum Gasteiger partial charge on any atom is 0.368 e. The summed E-state index contributed by atoms with van der Waals surface area (Å²) in [6.45, 7) is 0.927. The number of hydrogen-bond acceptors (Lipinski definition) is 4. The van der Waals surface area contributed by atoms with E-state index < -0.39 is 4.92 Å². The number of nitro groups is 1. The molecule has 1 aliphatic rings. The van der Waals surface area contributed by atoms with Gasteiger partial charge in [0.25, 0.3) is 0 Å². The Morgan fingerprint density at radius 2 is 2.46 bits per heavy atom. The second-order valence-electron chi connectivity index (χ2n) is 2.97. The molecule has 68 valence electrons. The van der Waals surface area contributed by atoms with Crippen molar-refractivity contribution in [2.75, 3.05) is 6.54 Å². The molecule has 1 saturated heterocycles. The van der Waals surface area contributed by atoms with E-state index in [1.807, 2.05) is 0 Å². The summed E-state index contributed by atoms with van der Waals surface area (Å²) < 4.78 is 0. The molecule has 0 aliphatic carbocycles. The van der Waals surface area contributed by atoms with Crippen molar-refractivity contribution in [2.24, 2.45) is 0 Å². The van der Waals surface area contributed by atoms with Crippen LogP contribution in [0.5, 0.6) is 0 Å². The average Bonchev–Trinajstić information content (AvgIpc) is 2.02. The van der Waals surface area contributed by atoms with Crippen LogP contribution in [0, 0.1) is 10.1 Å². The van der Waals surface area contributed by atoms with Crippen molar-refractivity contribution in [2.45, 2.75) is 12.5 Å². The molecule has 0 bridgehead atoms. The summed E-state index contributed by atoms with van der Waals surface area (Å²) in [5.74, 6) is -0.0281. The van der Waals surface area contributed by atoms with Crippen molar-refractivity contribution in [3.8, 4) is 0 Å². The Morgan fingerprint density at radius 3 is 3.00 bits per heavy atom. The molecule has 0 amide bonds. The highest BCUT2D eigenvalue weighted by molar-refractivity contribution is 5.35. The van der Waals surface area contributed by atoms with Crippen molar-refractivity contribution in [3.63, 3.8) is 0 Å². The molecule has 5 heteroatoms. The van der Waals surface area contributed by atoms with Gasteiger partial charge in [0.15, 0.2) is 0 Å². The lowest BCUT2D eigenvalue weighted by atomic mass is 9.99. The van der Waals surface area contributed by atoms with Crippen LogP contribution in [0.1, 0.15) is 18.0 Å². The Hall–Kier alpha value is -1.49. The van der Waals surface area contributed by atoms with Gasteiger partial charge < -0.3 is 15.4 Å². The van der Waals surface area contributed by atoms with E-state index in [0.29, 0.717) is 5.56 Å². The van der Waals surface area contributed by atoms with E-state index in [0.717, 1.165) is 13.0 Å². The molecule has 0 saturated carbocycles. The topological polar surface area (TPSA) is 68.1 Å². The van der Waals surface area contributed by atoms with Crippen LogP contribution < -0.4 is 5.32 Å². The SMILES string of the molecule is O=[N+]([O-])c1ncccc1C1CCN1. The van der Waals surface area contributed by atoms with E-state index in [-0.39, 0.29) is 11.9 Å². The van der Waals surface area contributed by atoms with Gasteiger partial charge in [0.1, 0.15) is 6.20 Å². The molecule has 5 nitrogen and oxygen atoms in total. The monoisotopic (exact) mass is 179 g/mol. The number of nitrogens with zero attached hydrogens (tertiary/aromatic N) is 2. The van der Waals surface area contributed by atoms with E-state index in [9.17, 15) is 10.1 Å². The van der Waals surface area contributed by atoms with Gasteiger partial charge in [0, 0.05) is 6.04 Å². The molecule has 1 fully saturated rings. The molecule has 1 unspecified atom stereocenters. The van der Waals surface area contributed by atoms with E-state index >= 15 is 0 Å². The average molecular weight is 179 g/mol. The van der Waals surface area contributed by atoms with Gasteiger partial charge in [-0.3, -0.25) is 0 Å². The summed E-state index contributed by atoms with van der Waals surface area (Å²) in [6.07, 6.45) is 2.40. The molecule has 1 aromatic heterocycles. The summed E-state index contributed by atoms with van der Waals surface area (Å²) in [5, 5.41) is 13.7. The third kappa shape index (κ3) is 1.38. The number of aromatic nitrogens is 1. The Balaban J connectivity index is 2.36. The Kier molecular flexibility index (Phi) is 1.94. The fourth-order valence-corrected chi connectivity index (χ4v) is 1.39. The van der Waals surface area contributed by atoms with E-state index in [4.69, 9.17) is 0 Å². The maximum absolute atomic E-state index is 10.6. The Bertz CT molecular complexity index is 336. The van der Waals surface area contributed by atoms with Crippen molar-refractivity contribution in [1.82, 2.24) is 10.3 Å². The first-order valence-electron chi connectivity index (χ1n) is 4.12. The third-order valence-corrected chi connectivity index (χ3v) is 2.19. The number of pyridine rings is 1. The predicted molar refractivity (Wildman–Crippen MR) is 46.3 cm³/mol. The second kappa shape index (κ2) is 3.10. The molecular formula is C8H9N3O2. The molecule has 2 rings (SSSR count). The summed E-state index contributed by atoms with van der Waals surface area (Å²) in [5.41, 5.74) is 0.693. The maximum atomic E-state index is 10.6. The Morgan fingerprint density at radius 1 is 1.69 bits per heavy atom. The van der Waals surface area contributed by atoms with Gasteiger partial charge in [-0.05, 0) is 35.0 Å². The lowest BCUT2D eigenvalue weighted by Crippen LogP contribution is -2.35. The molecule has 13 heavy (non-hydrogen) atoms. The van der Waals surface area contributed by atoms with Gasteiger partial charge in [-0.1, -0.05) is 0 Å². The number of rotatable bonds is 2. The summed E-state index contributed by atoms with van der Waals surface area (Å²) in [4.78, 5) is 13.9. The number of hydrogen-bond donors (Lipinski definition) is 1. The number of nitrogens with one attached hydrogen (secondary N) is 1. The largest absolute Gasteiger partial charge is 0.368 e. The van der Waals surface area contributed by atoms with Gasteiger partial charge in [-0.15, -0.1) is 0 Å². The summed E-state index contributed by atoms with van der Waals surface area (Å²) >= 11 is 0. The molecule has 1 aromatic rings. The van der Waals surface area contributed by atoms with Gasteiger partial charge in [-0.2, -0.15) is 0 Å². The molecule has 2 heterocycles. The van der Waals surface area contributed by atoms with E-state index in [1.165, 1.54) is 6.20 Å². The smallest absolute Gasteiger partial charge is 0.358 e.